The highest BCUT2D eigenvalue weighted by atomic mass is 32.1. The molecule has 3 rings (SSSR count). The Morgan fingerprint density at radius 1 is 1.50 bits per heavy atom. The fourth-order valence-electron chi connectivity index (χ4n) is 2.34. The molecule has 0 atom stereocenters. The van der Waals surface area contributed by atoms with Crippen molar-refractivity contribution in [3.8, 4) is 5.00 Å². The summed E-state index contributed by atoms with van der Waals surface area (Å²) in [5.74, 6) is 0.418. The lowest BCUT2D eigenvalue weighted by atomic mass is 10.3. The Hall–Kier alpha value is -1.89. The SMILES string of the molecule is CCOC(=O)c1sc(-n2cnn(CCC3CC3)c2=O)cc1C. The van der Waals surface area contributed by atoms with Crippen LogP contribution in [0.2, 0.25) is 0 Å². The van der Waals surface area contributed by atoms with Crippen molar-refractivity contribution in [2.24, 2.45) is 5.92 Å². The maximum Gasteiger partial charge on any atom is 0.350 e. The Balaban J connectivity index is 1.83. The molecule has 1 aliphatic rings. The first kappa shape index (κ1) is 15.0. The third kappa shape index (κ3) is 2.99. The highest BCUT2D eigenvalue weighted by Gasteiger charge is 2.22. The maximum atomic E-state index is 12.4. The smallest absolute Gasteiger partial charge is 0.350 e. The van der Waals surface area contributed by atoms with Crippen molar-refractivity contribution in [3.63, 3.8) is 0 Å². The Morgan fingerprint density at radius 2 is 2.27 bits per heavy atom. The number of rotatable bonds is 6. The zero-order valence-electron chi connectivity index (χ0n) is 12.7. The van der Waals surface area contributed by atoms with Crippen LogP contribution < -0.4 is 5.69 Å². The third-order valence-corrected chi connectivity index (χ3v) is 5.00. The molecule has 0 spiro atoms. The summed E-state index contributed by atoms with van der Waals surface area (Å²) in [4.78, 5) is 24.8. The quantitative estimate of drug-likeness (QED) is 0.766. The lowest BCUT2D eigenvalue weighted by Gasteiger charge is -1.99. The van der Waals surface area contributed by atoms with Crippen molar-refractivity contribution in [2.45, 2.75) is 39.7 Å². The van der Waals surface area contributed by atoms with Crippen LogP contribution in [-0.4, -0.2) is 26.9 Å². The van der Waals surface area contributed by atoms with Crippen LogP contribution in [0.4, 0.5) is 0 Å². The molecule has 0 aromatic carbocycles. The molecule has 0 unspecified atom stereocenters. The maximum absolute atomic E-state index is 12.4. The minimum absolute atomic E-state index is 0.155. The zero-order chi connectivity index (χ0) is 15.7. The van der Waals surface area contributed by atoms with Gasteiger partial charge in [0, 0.05) is 6.54 Å². The molecule has 6 nitrogen and oxygen atoms in total. The third-order valence-electron chi connectivity index (χ3n) is 3.78. The number of hydrogen-bond donors (Lipinski definition) is 0. The minimum atomic E-state index is -0.342. The molecule has 22 heavy (non-hydrogen) atoms. The van der Waals surface area contributed by atoms with Crippen molar-refractivity contribution in [1.29, 1.82) is 0 Å². The van der Waals surface area contributed by atoms with E-state index in [0.29, 0.717) is 23.0 Å². The number of thiophene rings is 1. The average Bonchev–Trinajstić information content (AvgIpc) is 3.13. The molecule has 0 radical (unpaired) electrons. The van der Waals surface area contributed by atoms with Gasteiger partial charge in [-0.2, -0.15) is 5.10 Å². The Labute approximate surface area is 132 Å². The number of carbonyl (C=O) groups is 1. The predicted octanol–water partition coefficient (Wildman–Crippen LogP) is 2.38. The van der Waals surface area contributed by atoms with Crippen molar-refractivity contribution in [1.82, 2.24) is 14.3 Å². The summed E-state index contributed by atoms with van der Waals surface area (Å²) in [6.07, 6.45) is 5.06. The lowest BCUT2D eigenvalue weighted by Crippen LogP contribution is -2.23. The van der Waals surface area contributed by atoms with Crippen LogP contribution in [0.1, 0.15) is 41.4 Å². The van der Waals surface area contributed by atoms with Gasteiger partial charge >= 0.3 is 11.7 Å². The van der Waals surface area contributed by atoms with Gasteiger partial charge in [-0.25, -0.2) is 18.8 Å². The first-order chi connectivity index (χ1) is 10.6. The van der Waals surface area contributed by atoms with E-state index in [-0.39, 0.29) is 11.7 Å². The van der Waals surface area contributed by atoms with Gasteiger partial charge in [-0.1, -0.05) is 12.8 Å². The number of carbonyl (C=O) groups excluding carboxylic acids is 1. The summed E-state index contributed by atoms with van der Waals surface area (Å²) in [7, 11) is 0. The molecule has 118 valence electrons. The van der Waals surface area contributed by atoms with Crippen LogP contribution in [0.5, 0.6) is 0 Å². The van der Waals surface area contributed by atoms with E-state index in [0.717, 1.165) is 17.9 Å². The number of esters is 1. The van der Waals surface area contributed by atoms with Gasteiger partial charge in [0.15, 0.2) is 0 Å². The van der Waals surface area contributed by atoms with E-state index in [1.165, 1.54) is 39.8 Å². The second kappa shape index (κ2) is 6.08. The lowest BCUT2D eigenvalue weighted by molar-refractivity contribution is 0.0531. The van der Waals surface area contributed by atoms with Gasteiger partial charge in [-0.05, 0) is 37.8 Å². The van der Waals surface area contributed by atoms with Crippen molar-refractivity contribution in [3.05, 3.63) is 33.3 Å². The molecule has 0 N–H and O–H groups in total. The van der Waals surface area contributed by atoms with Gasteiger partial charge < -0.3 is 4.74 Å². The first-order valence-electron chi connectivity index (χ1n) is 7.52. The van der Waals surface area contributed by atoms with Gasteiger partial charge in [0.05, 0.1) is 6.61 Å². The molecule has 2 aromatic rings. The number of aryl methyl sites for hydroxylation is 2. The molecule has 2 aromatic heterocycles. The predicted molar refractivity (Wildman–Crippen MR) is 83.7 cm³/mol. The van der Waals surface area contributed by atoms with E-state index in [2.05, 4.69) is 5.10 Å². The Bertz CT molecular complexity index is 740. The second-order valence-electron chi connectivity index (χ2n) is 5.56. The van der Waals surface area contributed by atoms with E-state index in [9.17, 15) is 9.59 Å². The van der Waals surface area contributed by atoms with Crippen LogP contribution >= 0.6 is 11.3 Å². The zero-order valence-corrected chi connectivity index (χ0v) is 13.6. The monoisotopic (exact) mass is 321 g/mol. The summed E-state index contributed by atoms with van der Waals surface area (Å²) >= 11 is 1.26. The molecule has 0 aliphatic heterocycles. The molecule has 1 aliphatic carbocycles. The highest BCUT2D eigenvalue weighted by molar-refractivity contribution is 7.16. The van der Waals surface area contributed by atoms with E-state index >= 15 is 0 Å². The summed E-state index contributed by atoms with van der Waals surface area (Å²) < 4.78 is 8.02. The summed E-state index contributed by atoms with van der Waals surface area (Å²) in [6.45, 7) is 4.61. The molecule has 1 saturated carbocycles. The highest BCUT2D eigenvalue weighted by Crippen LogP contribution is 2.32. The average molecular weight is 321 g/mol. The van der Waals surface area contributed by atoms with Gasteiger partial charge in [0.1, 0.15) is 16.2 Å². The number of ether oxygens (including phenoxy) is 1. The number of nitrogens with zero attached hydrogens (tertiary/aromatic N) is 3. The fourth-order valence-corrected chi connectivity index (χ4v) is 3.37. The molecule has 0 saturated heterocycles. The van der Waals surface area contributed by atoms with E-state index in [1.807, 2.05) is 13.0 Å². The number of aromatic nitrogens is 3. The van der Waals surface area contributed by atoms with E-state index < -0.39 is 0 Å². The van der Waals surface area contributed by atoms with E-state index in [1.54, 1.807) is 6.92 Å². The van der Waals surface area contributed by atoms with Gasteiger partial charge in [-0.3, -0.25) is 0 Å². The van der Waals surface area contributed by atoms with Crippen molar-refractivity contribution < 1.29 is 9.53 Å². The van der Waals surface area contributed by atoms with Gasteiger partial charge in [0.2, 0.25) is 0 Å². The largest absolute Gasteiger partial charge is 0.462 e. The Kier molecular flexibility index (Phi) is 4.15. The standard InChI is InChI=1S/C15H19N3O3S/c1-3-21-14(19)13-10(2)8-12(22-13)17-9-16-18(15(17)20)7-6-11-4-5-11/h8-9,11H,3-7H2,1-2H3. The number of hydrogen-bond acceptors (Lipinski definition) is 5. The molecule has 1 fully saturated rings. The molecule has 0 bridgehead atoms. The van der Waals surface area contributed by atoms with E-state index in [4.69, 9.17) is 4.74 Å². The molecule has 0 amide bonds. The van der Waals surface area contributed by atoms with Crippen molar-refractivity contribution in [2.75, 3.05) is 6.61 Å². The van der Waals surface area contributed by atoms with Crippen LogP contribution in [0, 0.1) is 12.8 Å². The molecule has 7 heteroatoms. The molecule has 2 heterocycles. The van der Waals surface area contributed by atoms with Gasteiger partial charge in [0.25, 0.3) is 0 Å². The fraction of sp³-hybridized carbons (Fsp3) is 0.533. The van der Waals surface area contributed by atoms with Gasteiger partial charge in [-0.15, -0.1) is 11.3 Å². The summed E-state index contributed by atoms with van der Waals surface area (Å²) in [5, 5.41) is 4.87. The van der Waals surface area contributed by atoms with Crippen molar-refractivity contribution >= 4 is 17.3 Å². The molecular weight excluding hydrogens is 302 g/mol. The summed E-state index contributed by atoms with van der Waals surface area (Å²) in [6, 6.07) is 1.82. The first-order valence-corrected chi connectivity index (χ1v) is 8.34. The van der Waals surface area contributed by atoms with Crippen LogP contribution in [0.3, 0.4) is 0 Å². The summed E-state index contributed by atoms with van der Waals surface area (Å²) in [5.41, 5.74) is 0.661. The molecular formula is C15H19N3O3S. The Morgan fingerprint density at radius 3 is 2.95 bits per heavy atom. The minimum Gasteiger partial charge on any atom is -0.462 e. The van der Waals surface area contributed by atoms with Crippen LogP contribution in [0.15, 0.2) is 17.2 Å². The topological polar surface area (TPSA) is 66.1 Å². The van der Waals surface area contributed by atoms with Crippen LogP contribution in [0.25, 0.3) is 5.00 Å². The van der Waals surface area contributed by atoms with Crippen LogP contribution in [-0.2, 0) is 11.3 Å². The normalized spacial score (nSPS) is 14.3. The second-order valence-corrected chi connectivity index (χ2v) is 6.59.